The maximum absolute atomic E-state index is 11.9. The van der Waals surface area contributed by atoms with E-state index in [1.54, 1.807) is 38.0 Å². The van der Waals surface area contributed by atoms with Crippen LogP contribution in [-0.4, -0.2) is 98.0 Å². The van der Waals surface area contributed by atoms with E-state index in [-0.39, 0.29) is 18.1 Å². The summed E-state index contributed by atoms with van der Waals surface area (Å²) < 4.78 is 27.0. The summed E-state index contributed by atoms with van der Waals surface area (Å²) in [5.74, 6) is 0.791. The van der Waals surface area contributed by atoms with Crippen LogP contribution >= 0.6 is 11.8 Å². The highest BCUT2D eigenvalue weighted by Gasteiger charge is 2.37. The van der Waals surface area contributed by atoms with Gasteiger partial charge in [-0.25, -0.2) is 4.79 Å². The van der Waals surface area contributed by atoms with Crippen molar-refractivity contribution in [2.24, 2.45) is 0 Å². The normalized spacial score (nSPS) is 17.3. The molecule has 1 rings (SSSR count). The lowest BCUT2D eigenvalue weighted by Crippen LogP contribution is -2.42. The highest BCUT2D eigenvalue weighted by Crippen LogP contribution is 2.15. The van der Waals surface area contributed by atoms with Gasteiger partial charge in [0.05, 0.1) is 13.2 Å². The number of cyclic esters (lactones) is 1. The van der Waals surface area contributed by atoms with Gasteiger partial charge in [0.15, 0.2) is 0 Å². The van der Waals surface area contributed by atoms with Crippen molar-refractivity contribution >= 4 is 32.6 Å². The zero-order chi connectivity index (χ0) is 20.1. The molecule has 1 aliphatic heterocycles. The van der Waals surface area contributed by atoms with Gasteiger partial charge in [0.1, 0.15) is 6.10 Å². The van der Waals surface area contributed by atoms with Gasteiger partial charge in [-0.2, -0.15) is 11.8 Å². The lowest BCUT2D eigenvalue weighted by atomic mass is 10.3. The molecule has 1 N–H and O–H groups in total. The maximum atomic E-state index is 11.9. The maximum Gasteiger partial charge on any atom is 0.500 e. The minimum Gasteiger partial charge on any atom is -0.442 e. The van der Waals surface area contributed by atoms with Crippen LogP contribution in [0, 0.1) is 0 Å². The van der Waals surface area contributed by atoms with Crippen molar-refractivity contribution in [2.45, 2.75) is 25.0 Å². The summed E-state index contributed by atoms with van der Waals surface area (Å²) in [6, 6.07) is 0.656. The Hall–Kier alpha value is -0.853. The van der Waals surface area contributed by atoms with E-state index in [9.17, 15) is 9.59 Å². The van der Waals surface area contributed by atoms with Gasteiger partial charge in [0.2, 0.25) is 5.91 Å². The summed E-state index contributed by atoms with van der Waals surface area (Å²) in [7, 11) is 2.18. The molecule has 11 heteroatoms. The minimum atomic E-state index is -2.56. The van der Waals surface area contributed by atoms with Crippen molar-refractivity contribution in [3.8, 4) is 0 Å². The molecular formula is C16H32N2O7SSi. The number of carbonyl (C=O) groups is 2. The zero-order valence-electron chi connectivity index (χ0n) is 16.7. The molecule has 1 aliphatic rings. The van der Waals surface area contributed by atoms with Crippen molar-refractivity contribution < 1.29 is 32.3 Å². The number of nitrogens with zero attached hydrogens (tertiary/aromatic N) is 1. The van der Waals surface area contributed by atoms with Crippen molar-refractivity contribution in [1.82, 2.24) is 10.2 Å². The van der Waals surface area contributed by atoms with Crippen LogP contribution in [0.5, 0.6) is 0 Å². The summed E-state index contributed by atoms with van der Waals surface area (Å²) in [5.41, 5.74) is 0. The number of hydrogen-bond donors (Lipinski definition) is 1. The molecule has 9 nitrogen and oxygen atoms in total. The van der Waals surface area contributed by atoms with E-state index in [0.717, 1.165) is 12.2 Å². The molecule has 0 aliphatic carbocycles. The third-order valence-electron chi connectivity index (χ3n) is 4.20. The fourth-order valence-electron chi connectivity index (χ4n) is 2.62. The van der Waals surface area contributed by atoms with E-state index < -0.39 is 8.80 Å². The Labute approximate surface area is 166 Å². The van der Waals surface area contributed by atoms with Gasteiger partial charge in [-0.05, 0) is 12.7 Å². The molecule has 0 aromatic heterocycles. The monoisotopic (exact) mass is 424 g/mol. The first-order chi connectivity index (χ1) is 13.0. The fraction of sp³-hybridized carbons (Fsp3) is 0.875. The number of nitrogens with one attached hydrogen (secondary N) is 1. The molecule has 27 heavy (non-hydrogen) atoms. The average molecular weight is 425 g/mol. The topological polar surface area (TPSA) is 95.6 Å². The lowest BCUT2D eigenvalue weighted by molar-refractivity contribution is -0.120. The van der Waals surface area contributed by atoms with Crippen molar-refractivity contribution in [3.63, 3.8) is 0 Å². The Bertz CT molecular complexity index is 446. The summed E-state index contributed by atoms with van der Waals surface area (Å²) in [6.45, 7) is 2.16. The molecule has 1 saturated heterocycles. The van der Waals surface area contributed by atoms with Crippen LogP contribution in [-0.2, 0) is 27.5 Å². The molecule has 0 radical (unpaired) electrons. The number of ether oxygens (including phenoxy) is 2. The van der Waals surface area contributed by atoms with Crippen molar-refractivity contribution in [2.75, 3.05) is 66.2 Å². The SMILES string of the molecule is CO[Si](CCCOCC1CN(CCNC(=O)CCSC)C(=O)O1)(OC)OC. The molecule has 158 valence electrons. The number of thioether (sulfide) groups is 1. The van der Waals surface area contributed by atoms with Gasteiger partial charge < -0.3 is 33.0 Å². The van der Waals surface area contributed by atoms with Gasteiger partial charge in [0.25, 0.3) is 0 Å². The van der Waals surface area contributed by atoms with Crippen LogP contribution < -0.4 is 5.32 Å². The van der Waals surface area contributed by atoms with Gasteiger partial charge >= 0.3 is 14.9 Å². The Balaban J connectivity index is 2.16. The van der Waals surface area contributed by atoms with E-state index in [4.69, 9.17) is 22.8 Å². The van der Waals surface area contributed by atoms with Crippen LogP contribution in [0.2, 0.25) is 6.04 Å². The summed E-state index contributed by atoms with van der Waals surface area (Å²) >= 11 is 1.63. The van der Waals surface area contributed by atoms with Crippen LogP contribution in [0.15, 0.2) is 0 Å². The molecule has 1 fully saturated rings. The Morgan fingerprint density at radius 2 is 2.04 bits per heavy atom. The number of hydrogen-bond acceptors (Lipinski definition) is 8. The second-order valence-electron chi connectivity index (χ2n) is 6.02. The van der Waals surface area contributed by atoms with Gasteiger partial charge in [-0.3, -0.25) is 4.79 Å². The molecule has 0 bridgehead atoms. The van der Waals surface area contributed by atoms with Crippen molar-refractivity contribution in [1.29, 1.82) is 0 Å². The Kier molecular flexibility index (Phi) is 12.0. The van der Waals surface area contributed by atoms with Gasteiger partial charge in [-0.1, -0.05) is 0 Å². The summed E-state index contributed by atoms with van der Waals surface area (Å²) in [4.78, 5) is 25.0. The minimum absolute atomic E-state index is 0.000370. The van der Waals surface area contributed by atoms with Crippen molar-refractivity contribution in [3.05, 3.63) is 0 Å². The highest BCUT2D eigenvalue weighted by molar-refractivity contribution is 7.98. The quantitative estimate of drug-likeness (QED) is 0.307. The number of carbonyl (C=O) groups excluding carboxylic acids is 2. The second kappa shape index (κ2) is 13.3. The molecule has 0 aromatic rings. The van der Waals surface area contributed by atoms with Crippen LogP contribution in [0.25, 0.3) is 0 Å². The van der Waals surface area contributed by atoms with Gasteiger partial charge in [0, 0.05) is 59.2 Å². The van der Waals surface area contributed by atoms with E-state index in [1.807, 2.05) is 6.26 Å². The predicted molar refractivity (Wildman–Crippen MR) is 105 cm³/mol. The molecule has 0 spiro atoms. The zero-order valence-corrected chi connectivity index (χ0v) is 18.5. The fourth-order valence-corrected chi connectivity index (χ4v) is 4.70. The van der Waals surface area contributed by atoms with Crippen LogP contribution in [0.1, 0.15) is 12.8 Å². The first kappa shape index (κ1) is 24.2. The second-order valence-corrected chi connectivity index (χ2v) is 10.1. The molecule has 0 aromatic carbocycles. The summed E-state index contributed by atoms with van der Waals surface area (Å²) in [5, 5.41) is 2.81. The summed E-state index contributed by atoms with van der Waals surface area (Å²) in [6.07, 6.45) is 2.52. The molecule has 0 saturated carbocycles. The third kappa shape index (κ3) is 8.79. The molecular weight excluding hydrogens is 392 g/mol. The van der Waals surface area contributed by atoms with Crippen LogP contribution in [0.4, 0.5) is 4.79 Å². The average Bonchev–Trinajstić information content (AvgIpc) is 3.03. The number of amides is 2. The standard InChI is InChI=1S/C16H32N2O7SSi/c1-21-27(22-2,23-3)11-5-9-24-13-14-12-18(16(20)25-14)8-7-17-15(19)6-10-26-4/h14H,5-13H2,1-4H3,(H,17,19). The first-order valence-corrected chi connectivity index (χ1v) is 12.3. The van der Waals surface area contributed by atoms with E-state index in [0.29, 0.717) is 45.3 Å². The number of rotatable bonds is 15. The Morgan fingerprint density at radius 1 is 1.33 bits per heavy atom. The predicted octanol–water partition coefficient (Wildman–Crippen LogP) is 0.961. The Morgan fingerprint density at radius 3 is 2.67 bits per heavy atom. The smallest absolute Gasteiger partial charge is 0.442 e. The lowest BCUT2D eigenvalue weighted by Gasteiger charge is -2.24. The first-order valence-electron chi connectivity index (χ1n) is 8.94. The van der Waals surface area contributed by atoms with E-state index >= 15 is 0 Å². The van der Waals surface area contributed by atoms with Crippen LogP contribution in [0.3, 0.4) is 0 Å². The molecule has 1 unspecified atom stereocenters. The highest BCUT2D eigenvalue weighted by atomic mass is 32.2. The van der Waals surface area contributed by atoms with E-state index in [2.05, 4.69) is 5.32 Å². The molecule has 1 atom stereocenters. The molecule has 1 heterocycles. The largest absolute Gasteiger partial charge is 0.500 e. The van der Waals surface area contributed by atoms with E-state index in [1.165, 1.54) is 0 Å². The van der Waals surface area contributed by atoms with Gasteiger partial charge in [-0.15, -0.1) is 0 Å². The third-order valence-corrected chi connectivity index (χ3v) is 7.64. The molecule has 2 amide bonds.